The molecule has 2 fully saturated rings. The average Bonchev–Trinajstić information content (AvgIpc) is 3.38. The lowest BCUT2D eigenvalue weighted by atomic mass is 9.95. The van der Waals surface area contributed by atoms with Crippen LogP contribution in [0.5, 0.6) is 0 Å². The predicted octanol–water partition coefficient (Wildman–Crippen LogP) is 4.64. The number of H-pyrrole nitrogens is 1. The third-order valence-corrected chi connectivity index (χ3v) is 8.82. The first-order valence-corrected chi connectivity index (χ1v) is 14.2. The molecule has 0 bridgehead atoms. The first-order chi connectivity index (χ1) is 19.6. The first-order valence-electron chi connectivity index (χ1n) is 13.8. The molecule has 4 heterocycles. The maximum absolute atomic E-state index is 16.8. The summed E-state index contributed by atoms with van der Waals surface area (Å²) < 4.78 is 16.8. The van der Waals surface area contributed by atoms with E-state index in [1.165, 1.54) is 6.08 Å². The Balaban J connectivity index is 1.54. The molecule has 6 rings (SSSR count). The van der Waals surface area contributed by atoms with Crippen molar-refractivity contribution in [3.63, 3.8) is 0 Å². The summed E-state index contributed by atoms with van der Waals surface area (Å²) in [6, 6.07) is 5.85. The van der Waals surface area contributed by atoms with E-state index in [0.29, 0.717) is 47.4 Å². The summed E-state index contributed by atoms with van der Waals surface area (Å²) in [7, 11) is 4.10. The molecule has 2 aromatic carbocycles. The number of halogens is 2. The molecule has 2 aliphatic rings. The smallest absolute Gasteiger partial charge is 0.246 e. The van der Waals surface area contributed by atoms with E-state index in [0.717, 1.165) is 29.6 Å². The van der Waals surface area contributed by atoms with Crippen LogP contribution >= 0.6 is 11.6 Å². The number of aryl methyl sites for hydroxylation is 1. The van der Waals surface area contributed by atoms with Crippen LogP contribution in [0.1, 0.15) is 19.4 Å². The lowest BCUT2D eigenvalue weighted by Crippen LogP contribution is -2.59. The van der Waals surface area contributed by atoms with Gasteiger partial charge in [0.25, 0.3) is 0 Å². The molecule has 9 nitrogen and oxygen atoms in total. The number of carbonyl (C=O) groups excluding carboxylic acids is 1. The molecule has 0 radical (unpaired) electrons. The number of aromatic nitrogens is 4. The highest BCUT2D eigenvalue weighted by Crippen LogP contribution is 2.43. The molecule has 1 N–H and O–H groups in total. The SMILES string of the molecule is C=CC(=O)N1C[C@H](C)N(c2nc(N3CC(N(C)C)C3)nc3c(F)c(-c4c(C)ccc5[nH]ncc45)c(Cl)cc23)C[C@H]1C. The summed E-state index contributed by atoms with van der Waals surface area (Å²) >= 11 is 6.91. The van der Waals surface area contributed by atoms with Crippen LogP contribution in [0, 0.1) is 12.7 Å². The minimum Gasteiger partial charge on any atom is -0.349 e. The van der Waals surface area contributed by atoms with Crippen molar-refractivity contribution in [1.29, 1.82) is 0 Å². The molecule has 41 heavy (non-hydrogen) atoms. The number of hydrogen-bond acceptors (Lipinski definition) is 7. The normalized spacial score (nSPS) is 19.9. The van der Waals surface area contributed by atoms with E-state index >= 15 is 4.39 Å². The number of likely N-dealkylation sites (N-methyl/N-ethyl adjacent to an activating group) is 1. The number of nitrogens with one attached hydrogen (secondary N) is 1. The zero-order chi connectivity index (χ0) is 29.2. The average molecular weight is 577 g/mol. The van der Waals surface area contributed by atoms with Crippen LogP contribution in [-0.4, -0.2) is 94.3 Å². The molecular formula is C30H34ClFN8O. The van der Waals surface area contributed by atoms with Gasteiger partial charge in [-0.2, -0.15) is 10.1 Å². The van der Waals surface area contributed by atoms with E-state index in [9.17, 15) is 4.79 Å². The molecule has 2 aromatic heterocycles. The zero-order valence-corrected chi connectivity index (χ0v) is 24.7. The molecule has 2 saturated heterocycles. The molecule has 2 atom stereocenters. The van der Waals surface area contributed by atoms with Gasteiger partial charge in [-0.15, -0.1) is 0 Å². The van der Waals surface area contributed by atoms with Crippen molar-refractivity contribution in [2.24, 2.45) is 0 Å². The molecule has 4 aromatic rings. The number of fused-ring (bicyclic) bond motifs is 2. The van der Waals surface area contributed by atoms with Crippen molar-refractivity contribution in [1.82, 2.24) is 30.0 Å². The maximum atomic E-state index is 16.8. The number of hydrogen-bond donors (Lipinski definition) is 1. The van der Waals surface area contributed by atoms with Gasteiger partial charge in [-0.05, 0) is 58.6 Å². The Morgan fingerprint density at radius 1 is 1.12 bits per heavy atom. The summed E-state index contributed by atoms with van der Waals surface area (Å²) in [6.45, 7) is 12.2. The monoisotopic (exact) mass is 576 g/mol. The van der Waals surface area contributed by atoms with Gasteiger partial charge < -0.3 is 19.6 Å². The molecule has 1 amide bonds. The van der Waals surface area contributed by atoms with Crippen molar-refractivity contribution in [2.45, 2.75) is 38.9 Å². The Kier molecular flexibility index (Phi) is 6.86. The van der Waals surface area contributed by atoms with Gasteiger partial charge in [0.15, 0.2) is 5.82 Å². The fourth-order valence-electron chi connectivity index (χ4n) is 6.01. The van der Waals surface area contributed by atoms with Crippen LogP contribution in [0.3, 0.4) is 0 Å². The molecule has 0 saturated carbocycles. The van der Waals surface area contributed by atoms with Crippen LogP contribution in [0.25, 0.3) is 32.9 Å². The Morgan fingerprint density at radius 2 is 1.88 bits per heavy atom. The summed E-state index contributed by atoms with van der Waals surface area (Å²) in [5.74, 6) is 0.518. The Bertz CT molecular complexity index is 1680. The maximum Gasteiger partial charge on any atom is 0.246 e. The van der Waals surface area contributed by atoms with E-state index < -0.39 is 5.82 Å². The third kappa shape index (κ3) is 4.49. The topological polar surface area (TPSA) is 84.5 Å². The van der Waals surface area contributed by atoms with Gasteiger partial charge in [0, 0.05) is 66.2 Å². The molecular weight excluding hydrogens is 543 g/mol. The van der Waals surface area contributed by atoms with Gasteiger partial charge in [-0.25, -0.2) is 9.37 Å². The second-order valence-corrected chi connectivity index (χ2v) is 11.9. The van der Waals surface area contributed by atoms with Gasteiger partial charge in [0.2, 0.25) is 11.9 Å². The number of piperazine rings is 1. The lowest BCUT2D eigenvalue weighted by molar-refractivity contribution is -0.128. The molecule has 11 heteroatoms. The molecule has 0 unspecified atom stereocenters. The largest absolute Gasteiger partial charge is 0.349 e. The van der Waals surface area contributed by atoms with Crippen molar-refractivity contribution < 1.29 is 9.18 Å². The second kappa shape index (κ2) is 10.3. The Hall–Kier alpha value is -3.76. The number of anilines is 2. The standard InChI is InChI=1S/C30H34ClFN8O/c1-7-24(41)39-12-18(4)40(13-17(39)3)29-20-10-22(31)26(25-16(2)8-9-23-21(25)11-33-36-23)27(32)28(20)34-30(35-29)38-14-19(15-38)37(5)6/h7-11,17-19H,1,12-15H2,2-6H3,(H,33,36)/t17-,18+/m1/s1. The summed E-state index contributed by atoms with van der Waals surface area (Å²) in [4.78, 5) is 30.5. The minimum atomic E-state index is -0.486. The van der Waals surface area contributed by atoms with Gasteiger partial charge >= 0.3 is 0 Å². The van der Waals surface area contributed by atoms with Crippen molar-refractivity contribution in [3.8, 4) is 11.1 Å². The Morgan fingerprint density at radius 3 is 2.59 bits per heavy atom. The first kappa shape index (κ1) is 27.4. The number of amides is 1. The Labute approximate surface area is 243 Å². The highest BCUT2D eigenvalue weighted by molar-refractivity contribution is 6.35. The van der Waals surface area contributed by atoms with Crippen LogP contribution < -0.4 is 9.80 Å². The van der Waals surface area contributed by atoms with E-state index in [4.69, 9.17) is 21.6 Å². The van der Waals surface area contributed by atoms with E-state index in [1.807, 2.05) is 37.8 Å². The quantitative estimate of drug-likeness (QED) is 0.347. The molecule has 214 valence electrons. The zero-order valence-electron chi connectivity index (χ0n) is 23.9. The number of rotatable bonds is 5. The molecule has 0 aliphatic carbocycles. The predicted molar refractivity (Wildman–Crippen MR) is 162 cm³/mol. The lowest BCUT2D eigenvalue weighted by Gasteiger charge is -2.45. The third-order valence-electron chi connectivity index (χ3n) is 8.52. The van der Waals surface area contributed by atoms with Crippen molar-refractivity contribution in [2.75, 3.05) is 50.1 Å². The van der Waals surface area contributed by atoms with E-state index in [2.05, 4.69) is 45.6 Å². The fourth-order valence-corrected chi connectivity index (χ4v) is 6.29. The fraction of sp³-hybridized carbons (Fsp3) is 0.400. The summed E-state index contributed by atoms with van der Waals surface area (Å²) in [5.41, 5.74) is 2.90. The van der Waals surface area contributed by atoms with Crippen LogP contribution in [-0.2, 0) is 4.79 Å². The van der Waals surface area contributed by atoms with Crippen molar-refractivity contribution >= 4 is 51.1 Å². The van der Waals surface area contributed by atoms with Gasteiger partial charge in [0.1, 0.15) is 11.3 Å². The molecule has 2 aliphatic heterocycles. The highest BCUT2D eigenvalue weighted by atomic mass is 35.5. The summed E-state index contributed by atoms with van der Waals surface area (Å²) in [6.07, 6.45) is 3.05. The van der Waals surface area contributed by atoms with Gasteiger partial charge in [-0.3, -0.25) is 9.89 Å². The van der Waals surface area contributed by atoms with E-state index in [-0.39, 0.29) is 28.5 Å². The highest BCUT2D eigenvalue weighted by Gasteiger charge is 2.36. The number of nitrogens with zero attached hydrogens (tertiary/aromatic N) is 7. The molecule has 0 spiro atoms. The van der Waals surface area contributed by atoms with Crippen molar-refractivity contribution in [3.05, 3.63) is 53.5 Å². The van der Waals surface area contributed by atoms with Crippen LogP contribution in [0.2, 0.25) is 5.02 Å². The summed E-state index contributed by atoms with van der Waals surface area (Å²) in [5, 5.41) is 8.76. The minimum absolute atomic E-state index is 0.0737. The van der Waals surface area contributed by atoms with Gasteiger partial charge in [-0.1, -0.05) is 24.2 Å². The number of benzene rings is 2. The van der Waals surface area contributed by atoms with Crippen LogP contribution in [0.4, 0.5) is 16.2 Å². The van der Waals surface area contributed by atoms with Crippen LogP contribution in [0.15, 0.2) is 37.1 Å². The second-order valence-electron chi connectivity index (χ2n) is 11.4. The number of carbonyl (C=O) groups is 1. The van der Waals surface area contributed by atoms with E-state index in [1.54, 1.807) is 12.3 Å². The number of aromatic amines is 1. The van der Waals surface area contributed by atoms with Gasteiger partial charge in [0.05, 0.1) is 16.7 Å².